The molecule has 1 heteroatoms. The van der Waals surface area contributed by atoms with Crippen LogP contribution in [0.15, 0.2) is 46.6 Å². The van der Waals surface area contributed by atoms with Crippen molar-refractivity contribution in [2.24, 2.45) is 0 Å². The third-order valence-corrected chi connectivity index (χ3v) is 3.34. The minimum absolute atomic E-state index is 0.626. The maximum Gasteiger partial charge on any atom is 0.0406 e. The molecule has 0 amide bonds. The Balaban J connectivity index is 4.46. The molecule has 0 rings (SSSR count). The molecule has 0 atom stereocenters. The van der Waals surface area contributed by atoms with Crippen molar-refractivity contribution in [3.05, 3.63) is 46.6 Å². The highest BCUT2D eigenvalue weighted by atomic mass is 35.5. The van der Waals surface area contributed by atoms with Crippen LogP contribution in [0.4, 0.5) is 0 Å². The summed E-state index contributed by atoms with van der Waals surface area (Å²) in [6, 6.07) is 0. The average molecular weight is 295 g/mol. The molecule has 0 radical (unpaired) electrons. The van der Waals surface area contributed by atoms with Crippen molar-refractivity contribution >= 4 is 11.6 Å². The molecule has 0 aliphatic carbocycles. The molecular weight excluding hydrogens is 264 g/mol. The predicted molar refractivity (Wildman–Crippen MR) is 94.5 cm³/mol. The fourth-order valence-electron chi connectivity index (χ4n) is 1.91. The van der Waals surface area contributed by atoms with E-state index in [1.165, 1.54) is 23.1 Å². The van der Waals surface area contributed by atoms with E-state index in [2.05, 4.69) is 58.9 Å². The van der Waals surface area contributed by atoms with Gasteiger partial charge in [-0.1, -0.05) is 46.6 Å². The lowest BCUT2D eigenvalue weighted by atomic mass is 10.0. The number of hydrogen-bond acceptors (Lipinski definition) is 0. The molecule has 0 aromatic rings. The summed E-state index contributed by atoms with van der Waals surface area (Å²) in [5, 5.41) is 0. The van der Waals surface area contributed by atoms with Crippen LogP contribution >= 0.6 is 11.6 Å². The van der Waals surface area contributed by atoms with Gasteiger partial charge in [0.1, 0.15) is 0 Å². The van der Waals surface area contributed by atoms with Crippen LogP contribution in [0.1, 0.15) is 66.7 Å². The SMILES string of the molecule is CC(C)=CCCC(=CCCC(C)=CCCl)CC=C(C)C. The zero-order valence-electron chi connectivity index (χ0n) is 13.9. The van der Waals surface area contributed by atoms with Gasteiger partial charge in [0.25, 0.3) is 0 Å². The van der Waals surface area contributed by atoms with Gasteiger partial charge in [0.2, 0.25) is 0 Å². The van der Waals surface area contributed by atoms with Crippen LogP contribution in [0.25, 0.3) is 0 Å². The molecule has 0 N–H and O–H groups in total. The Kier molecular flexibility index (Phi) is 11.6. The van der Waals surface area contributed by atoms with E-state index in [-0.39, 0.29) is 0 Å². The van der Waals surface area contributed by atoms with Crippen molar-refractivity contribution < 1.29 is 0 Å². The van der Waals surface area contributed by atoms with E-state index in [1.54, 1.807) is 5.57 Å². The second kappa shape index (κ2) is 12.0. The van der Waals surface area contributed by atoms with Gasteiger partial charge < -0.3 is 0 Å². The van der Waals surface area contributed by atoms with Crippen LogP contribution in [0.3, 0.4) is 0 Å². The monoisotopic (exact) mass is 294 g/mol. The van der Waals surface area contributed by atoms with Crippen molar-refractivity contribution in [1.29, 1.82) is 0 Å². The summed E-state index contributed by atoms with van der Waals surface area (Å²) in [6.07, 6.45) is 14.8. The van der Waals surface area contributed by atoms with Gasteiger partial charge in [-0.3, -0.25) is 0 Å². The molecule has 0 spiro atoms. The highest BCUT2D eigenvalue weighted by Crippen LogP contribution is 2.16. The van der Waals surface area contributed by atoms with Crippen molar-refractivity contribution in [1.82, 2.24) is 0 Å². The smallest absolute Gasteiger partial charge is 0.0406 e. The maximum absolute atomic E-state index is 5.71. The first-order valence-corrected chi connectivity index (χ1v) is 8.15. The van der Waals surface area contributed by atoms with Crippen molar-refractivity contribution in [2.45, 2.75) is 66.7 Å². The molecule has 0 saturated heterocycles. The van der Waals surface area contributed by atoms with Gasteiger partial charge >= 0.3 is 0 Å². The number of alkyl halides is 1. The Morgan fingerprint density at radius 1 is 0.750 bits per heavy atom. The molecule has 20 heavy (non-hydrogen) atoms. The first-order valence-electron chi connectivity index (χ1n) is 7.62. The topological polar surface area (TPSA) is 0 Å². The Morgan fingerprint density at radius 2 is 1.35 bits per heavy atom. The minimum Gasteiger partial charge on any atom is -0.122 e. The Morgan fingerprint density at radius 3 is 1.90 bits per heavy atom. The minimum atomic E-state index is 0.626. The zero-order valence-corrected chi connectivity index (χ0v) is 14.7. The van der Waals surface area contributed by atoms with Gasteiger partial charge in [-0.15, -0.1) is 11.6 Å². The Labute approximate surface area is 131 Å². The molecule has 0 heterocycles. The summed E-state index contributed by atoms with van der Waals surface area (Å²) in [5.74, 6) is 0.626. The predicted octanol–water partition coefficient (Wildman–Crippen LogP) is 6.98. The summed E-state index contributed by atoms with van der Waals surface area (Å²) < 4.78 is 0. The molecule has 0 aliphatic rings. The molecule has 0 unspecified atom stereocenters. The van der Waals surface area contributed by atoms with Crippen LogP contribution in [0.2, 0.25) is 0 Å². The summed E-state index contributed by atoms with van der Waals surface area (Å²) in [7, 11) is 0. The van der Waals surface area contributed by atoms with Gasteiger partial charge in [-0.2, -0.15) is 0 Å². The molecule has 0 saturated carbocycles. The first kappa shape index (κ1) is 19.2. The third kappa shape index (κ3) is 12.3. The van der Waals surface area contributed by atoms with E-state index in [0.29, 0.717) is 5.88 Å². The number of rotatable bonds is 9. The van der Waals surface area contributed by atoms with E-state index in [1.807, 2.05) is 0 Å². The van der Waals surface area contributed by atoms with Crippen LogP contribution in [0.5, 0.6) is 0 Å². The molecule has 0 aliphatic heterocycles. The van der Waals surface area contributed by atoms with Crippen molar-refractivity contribution in [3.8, 4) is 0 Å². The summed E-state index contributed by atoms with van der Waals surface area (Å²) in [5.41, 5.74) is 5.76. The van der Waals surface area contributed by atoms with Gasteiger partial charge in [0.05, 0.1) is 0 Å². The summed E-state index contributed by atoms with van der Waals surface area (Å²) >= 11 is 5.71. The quantitative estimate of drug-likeness (QED) is 0.318. The summed E-state index contributed by atoms with van der Waals surface area (Å²) in [6.45, 7) is 10.8. The highest BCUT2D eigenvalue weighted by molar-refractivity contribution is 6.18. The van der Waals surface area contributed by atoms with Crippen molar-refractivity contribution in [2.75, 3.05) is 5.88 Å². The second-order valence-electron chi connectivity index (χ2n) is 5.91. The largest absolute Gasteiger partial charge is 0.122 e. The first-order chi connectivity index (χ1) is 9.45. The van der Waals surface area contributed by atoms with Crippen LogP contribution < -0.4 is 0 Å². The number of hydrogen-bond donors (Lipinski definition) is 0. The van der Waals surface area contributed by atoms with Crippen LogP contribution in [-0.2, 0) is 0 Å². The maximum atomic E-state index is 5.71. The molecular formula is C19H31Cl. The summed E-state index contributed by atoms with van der Waals surface area (Å²) in [4.78, 5) is 0. The van der Waals surface area contributed by atoms with Gasteiger partial charge in [-0.25, -0.2) is 0 Å². The Bertz CT molecular complexity index is 373. The van der Waals surface area contributed by atoms with Gasteiger partial charge in [0, 0.05) is 5.88 Å². The molecule has 0 aromatic heterocycles. The second-order valence-corrected chi connectivity index (χ2v) is 6.22. The normalized spacial score (nSPS) is 12.3. The van der Waals surface area contributed by atoms with E-state index in [4.69, 9.17) is 11.6 Å². The van der Waals surface area contributed by atoms with Crippen molar-refractivity contribution in [3.63, 3.8) is 0 Å². The van der Waals surface area contributed by atoms with Crippen LogP contribution in [0, 0.1) is 0 Å². The van der Waals surface area contributed by atoms with E-state index >= 15 is 0 Å². The molecule has 0 bridgehead atoms. The average Bonchev–Trinajstić information content (AvgIpc) is 2.35. The highest BCUT2D eigenvalue weighted by Gasteiger charge is 1.96. The lowest BCUT2D eigenvalue weighted by Crippen LogP contribution is -1.85. The zero-order chi connectivity index (χ0) is 15.4. The fraction of sp³-hybridized carbons (Fsp3) is 0.579. The van der Waals surface area contributed by atoms with Gasteiger partial charge in [0.15, 0.2) is 0 Å². The molecule has 0 aromatic carbocycles. The molecule has 0 fully saturated rings. The Hall–Kier alpha value is -0.750. The number of halogens is 1. The van der Waals surface area contributed by atoms with E-state index in [9.17, 15) is 0 Å². The third-order valence-electron chi connectivity index (χ3n) is 3.19. The molecule has 114 valence electrons. The number of allylic oxidation sites excluding steroid dienone is 8. The van der Waals surface area contributed by atoms with Gasteiger partial charge in [-0.05, 0) is 66.7 Å². The lowest BCUT2D eigenvalue weighted by Gasteiger charge is -2.05. The van der Waals surface area contributed by atoms with Crippen LogP contribution in [-0.4, -0.2) is 5.88 Å². The van der Waals surface area contributed by atoms with E-state index < -0.39 is 0 Å². The lowest BCUT2D eigenvalue weighted by molar-refractivity contribution is 0.890. The standard InChI is InChI=1S/C19H31Cl/c1-16(2)8-6-10-19(13-12-17(3)4)11-7-9-18(5)14-15-20/h8,11-12,14H,6-7,9-10,13,15H2,1-5H3. The fourth-order valence-corrected chi connectivity index (χ4v) is 2.17. The van der Waals surface area contributed by atoms with E-state index in [0.717, 1.165) is 25.7 Å². The molecule has 0 nitrogen and oxygen atoms in total.